The minimum Gasteiger partial charge on any atom is -0.496 e. The normalized spacial score (nSPS) is 12.2. The van der Waals surface area contributed by atoms with Gasteiger partial charge >= 0.3 is 0 Å². The van der Waals surface area contributed by atoms with Crippen LogP contribution in [0.5, 0.6) is 5.75 Å². The van der Waals surface area contributed by atoms with Crippen LogP contribution in [0.2, 0.25) is 4.34 Å². The van der Waals surface area contributed by atoms with E-state index in [4.69, 9.17) is 16.3 Å². The summed E-state index contributed by atoms with van der Waals surface area (Å²) < 4.78 is 6.07. The second kappa shape index (κ2) is 5.63. The Morgan fingerprint density at radius 3 is 2.61 bits per heavy atom. The van der Waals surface area contributed by atoms with Crippen molar-refractivity contribution in [1.82, 2.24) is 0 Å². The molecule has 0 bridgehead atoms. The molecule has 1 aromatic carbocycles. The van der Waals surface area contributed by atoms with Crippen molar-refractivity contribution in [3.05, 3.63) is 45.1 Å². The Balaban J connectivity index is 2.12. The summed E-state index contributed by atoms with van der Waals surface area (Å²) in [5.41, 5.74) is 2.21. The van der Waals surface area contributed by atoms with Gasteiger partial charge in [0.05, 0.1) is 17.5 Å². The van der Waals surface area contributed by atoms with Gasteiger partial charge in [-0.25, -0.2) is 0 Å². The van der Waals surface area contributed by atoms with E-state index in [0.29, 0.717) is 0 Å². The molecule has 96 valence electrons. The van der Waals surface area contributed by atoms with Crippen LogP contribution in [0.15, 0.2) is 30.3 Å². The van der Waals surface area contributed by atoms with E-state index < -0.39 is 0 Å². The number of anilines is 1. The van der Waals surface area contributed by atoms with E-state index in [0.717, 1.165) is 21.3 Å². The third-order valence-electron chi connectivity index (χ3n) is 2.80. The van der Waals surface area contributed by atoms with E-state index in [1.807, 2.05) is 25.1 Å². The molecule has 0 aliphatic heterocycles. The van der Waals surface area contributed by atoms with E-state index in [1.54, 1.807) is 18.4 Å². The summed E-state index contributed by atoms with van der Waals surface area (Å²) in [4.78, 5) is 1.23. The predicted octanol–water partition coefficient (Wildman–Crippen LogP) is 4.89. The second-order valence-corrected chi connectivity index (χ2v) is 5.94. The number of nitrogens with one attached hydrogen (secondary N) is 1. The predicted molar refractivity (Wildman–Crippen MR) is 79.1 cm³/mol. The monoisotopic (exact) mass is 281 g/mol. The fourth-order valence-electron chi connectivity index (χ4n) is 1.85. The smallest absolute Gasteiger partial charge is 0.121 e. The van der Waals surface area contributed by atoms with Crippen LogP contribution in [-0.2, 0) is 0 Å². The van der Waals surface area contributed by atoms with Crippen LogP contribution >= 0.6 is 22.9 Å². The fourth-order valence-corrected chi connectivity index (χ4v) is 2.91. The first-order valence-electron chi connectivity index (χ1n) is 5.76. The van der Waals surface area contributed by atoms with E-state index in [1.165, 1.54) is 4.88 Å². The van der Waals surface area contributed by atoms with E-state index >= 15 is 0 Å². The molecular formula is C14H16ClNOS. The molecule has 0 aliphatic rings. The maximum atomic E-state index is 5.95. The molecule has 0 aliphatic carbocycles. The molecule has 0 spiro atoms. The van der Waals surface area contributed by atoms with Crippen LogP contribution in [0.3, 0.4) is 0 Å². The average Bonchev–Trinajstić information content (AvgIpc) is 2.76. The summed E-state index contributed by atoms with van der Waals surface area (Å²) in [7, 11) is 1.69. The molecule has 1 unspecified atom stereocenters. The van der Waals surface area contributed by atoms with Gasteiger partial charge in [0.1, 0.15) is 5.75 Å². The number of aryl methyl sites for hydroxylation is 1. The zero-order valence-electron chi connectivity index (χ0n) is 10.7. The standard InChI is InChI=1S/C14H16ClNOS/c1-9-8-11(4-5-12(9)17-3)16-10(2)13-6-7-14(15)18-13/h4-8,10,16H,1-3H3. The van der Waals surface area contributed by atoms with Gasteiger partial charge in [0.25, 0.3) is 0 Å². The number of hydrogen-bond donors (Lipinski definition) is 1. The van der Waals surface area contributed by atoms with Gasteiger partial charge in [-0.2, -0.15) is 0 Å². The van der Waals surface area contributed by atoms with Crippen LogP contribution in [-0.4, -0.2) is 7.11 Å². The highest BCUT2D eigenvalue weighted by molar-refractivity contribution is 7.16. The van der Waals surface area contributed by atoms with Crippen LogP contribution < -0.4 is 10.1 Å². The Morgan fingerprint density at radius 2 is 2.06 bits per heavy atom. The number of ether oxygens (including phenoxy) is 1. The van der Waals surface area contributed by atoms with Crippen molar-refractivity contribution in [2.45, 2.75) is 19.9 Å². The molecule has 0 saturated heterocycles. The lowest BCUT2D eigenvalue weighted by atomic mass is 10.2. The van der Waals surface area contributed by atoms with Gasteiger partial charge in [-0.05, 0) is 49.7 Å². The zero-order chi connectivity index (χ0) is 13.1. The summed E-state index contributed by atoms with van der Waals surface area (Å²) in [6.45, 7) is 4.17. The molecule has 2 rings (SSSR count). The maximum Gasteiger partial charge on any atom is 0.121 e. The SMILES string of the molecule is COc1ccc(NC(C)c2ccc(Cl)s2)cc1C. The van der Waals surface area contributed by atoms with Crippen LogP contribution in [0.25, 0.3) is 0 Å². The summed E-state index contributed by atoms with van der Waals surface area (Å²) in [5, 5.41) is 3.46. The largest absolute Gasteiger partial charge is 0.496 e. The third kappa shape index (κ3) is 2.98. The van der Waals surface area contributed by atoms with Crippen molar-refractivity contribution in [3.63, 3.8) is 0 Å². The Morgan fingerprint density at radius 1 is 1.28 bits per heavy atom. The first kappa shape index (κ1) is 13.2. The van der Waals surface area contributed by atoms with Crippen molar-refractivity contribution < 1.29 is 4.74 Å². The minimum atomic E-state index is 0.246. The number of halogens is 1. The van der Waals surface area contributed by atoms with Crippen molar-refractivity contribution in [3.8, 4) is 5.75 Å². The number of thiophene rings is 1. The van der Waals surface area contributed by atoms with E-state index in [2.05, 4.69) is 24.4 Å². The Bertz CT molecular complexity index is 538. The molecule has 0 saturated carbocycles. The third-order valence-corrected chi connectivity index (χ3v) is 4.21. The number of benzene rings is 1. The van der Waals surface area contributed by atoms with Gasteiger partial charge in [-0.1, -0.05) is 11.6 Å². The van der Waals surface area contributed by atoms with Gasteiger partial charge in [0, 0.05) is 10.6 Å². The molecular weight excluding hydrogens is 266 g/mol. The molecule has 1 aromatic heterocycles. The van der Waals surface area contributed by atoms with Crippen LogP contribution in [0.4, 0.5) is 5.69 Å². The first-order valence-corrected chi connectivity index (χ1v) is 6.96. The quantitative estimate of drug-likeness (QED) is 0.861. The number of methoxy groups -OCH3 is 1. The van der Waals surface area contributed by atoms with Gasteiger partial charge < -0.3 is 10.1 Å². The fraction of sp³-hybridized carbons (Fsp3) is 0.286. The molecule has 18 heavy (non-hydrogen) atoms. The van der Waals surface area contributed by atoms with Crippen molar-refractivity contribution >= 4 is 28.6 Å². The van der Waals surface area contributed by atoms with Crippen molar-refractivity contribution in [2.75, 3.05) is 12.4 Å². The number of rotatable bonds is 4. The molecule has 4 heteroatoms. The average molecular weight is 282 g/mol. The van der Waals surface area contributed by atoms with Gasteiger partial charge in [0.15, 0.2) is 0 Å². The highest BCUT2D eigenvalue weighted by Crippen LogP contribution is 2.30. The summed E-state index contributed by atoms with van der Waals surface area (Å²) in [6, 6.07) is 10.3. The topological polar surface area (TPSA) is 21.3 Å². The second-order valence-electron chi connectivity index (χ2n) is 4.19. The molecule has 0 radical (unpaired) electrons. The lowest BCUT2D eigenvalue weighted by Crippen LogP contribution is -2.05. The highest BCUT2D eigenvalue weighted by atomic mass is 35.5. The Hall–Kier alpha value is -1.19. The number of hydrogen-bond acceptors (Lipinski definition) is 3. The minimum absolute atomic E-state index is 0.246. The van der Waals surface area contributed by atoms with E-state index in [9.17, 15) is 0 Å². The molecule has 1 atom stereocenters. The van der Waals surface area contributed by atoms with E-state index in [-0.39, 0.29) is 6.04 Å². The van der Waals surface area contributed by atoms with Crippen molar-refractivity contribution in [1.29, 1.82) is 0 Å². The van der Waals surface area contributed by atoms with Crippen LogP contribution in [0, 0.1) is 6.92 Å². The van der Waals surface area contributed by atoms with Crippen LogP contribution in [0.1, 0.15) is 23.4 Å². The molecule has 2 nitrogen and oxygen atoms in total. The van der Waals surface area contributed by atoms with Gasteiger partial charge in [0.2, 0.25) is 0 Å². The lowest BCUT2D eigenvalue weighted by molar-refractivity contribution is 0.412. The van der Waals surface area contributed by atoms with Crippen molar-refractivity contribution in [2.24, 2.45) is 0 Å². The zero-order valence-corrected chi connectivity index (χ0v) is 12.2. The molecule has 0 amide bonds. The summed E-state index contributed by atoms with van der Waals surface area (Å²) >= 11 is 7.55. The highest BCUT2D eigenvalue weighted by Gasteiger charge is 2.08. The molecule has 1 N–H and O–H groups in total. The van der Waals surface area contributed by atoms with Gasteiger partial charge in [-0.15, -0.1) is 11.3 Å². The van der Waals surface area contributed by atoms with Gasteiger partial charge in [-0.3, -0.25) is 0 Å². The first-order chi connectivity index (χ1) is 8.60. The molecule has 0 fully saturated rings. The maximum absolute atomic E-state index is 5.95. The summed E-state index contributed by atoms with van der Waals surface area (Å²) in [5.74, 6) is 0.910. The summed E-state index contributed by atoms with van der Waals surface area (Å²) in [6.07, 6.45) is 0. The lowest BCUT2D eigenvalue weighted by Gasteiger charge is -2.15. The molecule has 1 heterocycles. The Kier molecular flexibility index (Phi) is 4.15. The molecule has 2 aromatic rings. The Labute approximate surface area is 117 Å².